The summed E-state index contributed by atoms with van der Waals surface area (Å²) >= 11 is 15.3. The average Bonchev–Trinajstić information content (AvgIpc) is 2.72. The number of nitrogens with one attached hydrogen (secondary N) is 1. The third kappa shape index (κ3) is 2.97. The molecule has 1 heterocycles. The third-order valence-corrected chi connectivity index (χ3v) is 3.59. The molecule has 1 unspecified atom stereocenters. The van der Waals surface area contributed by atoms with E-state index < -0.39 is 0 Å². The summed E-state index contributed by atoms with van der Waals surface area (Å²) < 4.78 is 6.17. The maximum absolute atomic E-state index is 6.10. The molecule has 0 aliphatic rings. The molecule has 0 bridgehead atoms. The van der Waals surface area contributed by atoms with Crippen LogP contribution in [0.4, 0.5) is 5.69 Å². The quantitative estimate of drug-likeness (QED) is 0.799. The van der Waals surface area contributed by atoms with E-state index in [4.69, 9.17) is 27.6 Å². The number of rotatable bonds is 3. The van der Waals surface area contributed by atoms with Crippen LogP contribution in [0.1, 0.15) is 18.7 Å². The Hall–Kier alpha value is -0.640. The van der Waals surface area contributed by atoms with Crippen molar-refractivity contribution in [3.05, 3.63) is 50.8 Å². The Labute approximate surface area is 118 Å². The Balaban J connectivity index is 2.18. The first-order valence-corrected chi connectivity index (χ1v) is 6.58. The lowest BCUT2D eigenvalue weighted by molar-refractivity contribution is 0.471. The van der Waals surface area contributed by atoms with E-state index in [1.807, 2.05) is 31.2 Å². The second kappa shape index (κ2) is 5.34. The normalized spacial score (nSPS) is 12.5. The summed E-state index contributed by atoms with van der Waals surface area (Å²) in [5.41, 5.74) is 0.791. The largest absolute Gasteiger partial charge is 0.452 e. The monoisotopic (exact) mass is 333 g/mol. The zero-order valence-corrected chi connectivity index (χ0v) is 12.1. The first kappa shape index (κ1) is 12.8. The first-order valence-electron chi connectivity index (χ1n) is 5.03. The summed E-state index contributed by atoms with van der Waals surface area (Å²) in [6.45, 7) is 1.99. The Bertz CT molecular complexity index is 527. The fourth-order valence-electron chi connectivity index (χ4n) is 1.48. The van der Waals surface area contributed by atoms with Crippen LogP contribution in [0.15, 0.2) is 39.4 Å². The van der Waals surface area contributed by atoms with Gasteiger partial charge in [-0.1, -0.05) is 29.3 Å². The molecular weight excluding hydrogens is 325 g/mol. The third-order valence-electron chi connectivity index (χ3n) is 2.34. The lowest BCUT2D eigenvalue weighted by Crippen LogP contribution is -2.05. The molecule has 0 amide bonds. The predicted molar refractivity (Wildman–Crippen MR) is 74.9 cm³/mol. The number of benzene rings is 1. The lowest BCUT2D eigenvalue weighted by Gasteiger charge is -2.14. The summed E-state index contributed by atoms with van der Waals surface area (Å²) in [5, 5.41) is 4.30. The summed E-state index contributed by atoms with van der Waals surface area (Å²) in [6.07, 6.45) is 0. The van der Waals surface area contributed by atoms with Crippen molar-refractivity contribution in [3.63, 3.8) is 0 Å². The van der Waals surface area contributed by atoms with Gasteiger partial charge in [-0.25, -0.2) is 0 Å². The molecule has 2 nitrogen and oxygen atoms in total. The standard InChI is InChI=1S/C12H10BrCl2NO/c1-7(10-5-6-11(13)17-10)16-9-4-2-3-8(14)12(9)15/h2-7,16H,1H3. The molecule has 0 saturated heterocycles. The van der Waals surface area contributed by atoms with Crippen molar-refractivity contribution >= 4 is 44.8 Å². The number of halogens is 3. The van der Waals surface area contributed by atoms with Gasteiger partial charge in [0.1, 0.15) is 5.76 Å². The zero-order chi connectivity index (χ0) is 12.4. The van der Waals surface area contributed by atoms with E-state index in [0.717, 1.165) is 11.4 Å². The van der Waals surface area contributed by atoms with Crippen LogP contribution in [0.3, 0.4) is 0 Å². The van der Waals surface area contributed by atoms with E-state index in [-0.39, 0.29) is 6.04 Å². The van der Waals surface area contributed by atoms with E-state index in [9.17, 15) is 0 Å². The van der Waals surface area contributed by atoms with Gasteiger partial charge in [0.25, 0.3) is 0 Å². The van der Waals surface area contributed by atoms with Crippen molar-refractivity contribution < 1.29 is 4.42 Å². The van der Waals surface area contributed by atoms with Crippen LogP contribution in [0.25, 0.3) is 0 Å². The Morgan fingerprint density at radius 1 is 1.24 bits per heavy atom. The molecule has 90 valence electrons. The maximum Gasteiger partial charge on any atom is 0.169 e. The minimum absolute atomic E-state index is 0.0114. The fourth-order valence-corrected chi connectivity index (χ4v) is 2.15. The second-order valence-electron chi connectivity index (χ2n) is 3.61. The summed E-state index contributed by atoms with van der Waals surface area (Å²) in [4.78, 5) is 0. The summed E-state index contributed by atoms with van der Waals surface area (Å²) in [6, 6.07) is 9.25. The summed E-state index contributed by atoms with van der Waals surface area (Å²) in [7, 11) is 0. The first-order chi connectivity index (χ1) is 8.08. The summed E-state index contributed by atoms with van der Waals surface area (Å²) in [5.74, 6) is 0.827. The molecule has 17 heavy (non-hydrogen) atoms. The van der Waals surface area contributed by atoms with Gasteiger partial charge in [0.15, 0.2) is 4.67 Å². The lowest BCUT2D eigenvalue weighted by atomic mass is 10.2. The van der Waals surface area contributed by atoms with Gasteiger partial charge >= 0.3 is 0 Å². The highest BCUT2D eigenvalue weighted by Crippen LogP contribution is 2.32. The van der Waals surface area contributed by atoms with Gasteiger partial charge in [-0.15, -0.1) is 0 Å². The van der Waals surface area contributed by atoms with Crippen LogP contribution in [0.2, 0.25) is 10.0 Å². The topological polar surface area (TPSA) is 25.2 Å². The van der Waals surface area contributed by atoms with Crippen LogP contribution < -0.4 is 5.32 Å². The van der Waals surface area contributed by atoms with E-state index in [2.05, 4.69) is 21.2 Å². The van der Waals surface area contributed by atoms with Crippen molar-refractivity contribution in [2.45, 2.75) is 13.0 Å². The van der Waals surface area contributed by atoms with Crippen molar-refractivity contribution in [2.24, 2.45) is 0 Å². The van der Waals surface area contributed by atoms with Crippen molar-refractivity contribution in [1.82, 2.24) is 0 Å². The molecule has 1 N–H and O–H groups in total. The van der Waals surface area contributed by atoms with E-state index in [1.165, 1.54) is 0 Å². The van der Waals surface area contributed by atoms with E-state index in [0.29, 0.717) is 14.7 Å². The SMILES string of the molecule is CC(Nc1cccc(Cl)c1Cl)c1ccc(Br)o1. The van der Waals surface area contributed by atoms with E-state index >= 15 is 0 Å². The fraction of sp³-hybridized carbons (Fsp3) is 0.167. The van der Waals surface area contributed by atoms with Crippen LogP contribution in [-0.4, -0.2) is 0 Å². The van der Waals surface area contributed by atoms with Gasteiger partial charge in [-0.2, -0.15) is 0 Å². The Kier molecular flexibility index (Phi) is 4.02. The van der Waals surface area contributed by atoms with Gasteiger partial charge in [0.05, 0.1) is 21.8 Å². The van der Waals surface area contributed by atoms with Crippen molar-refractivity contribution in [1.29, 1.82) is 0 Å². The molecule has 2 rings (SSSR count). The molecule has 1 atom stereocenters. The van der Waals surface area contributed by atoms with Gasteiger partial charge in [-0.05, 0) is 47.1 Å². The highest BCUT2D eigenvalue weighted by atomic mass is 79.9. The number of anilines is 1. The minimum Gasteiger partial charge on any atom is -0.452 e. The maximum atomic E-state index is 6.10. The van der Waals surface area contributed by atoms with Crippen LogP contribution in [-0.2, 0) is 0 Å². The van der Waals surface area contributed by atoms with Gasteiger partial charge in [0, 0.05) is 0 Å². The molecular formula is C12H10BrCl2NO. The molecule has 0 radical (unpaired) electrons. The minimum atomic E-state index is 0.0114. The van der Waals surface area contributed by atoms with Gasteiger partial charge in [-0.3, -0.25) is 0 Å². The predicted octanol–water partition coefficient (Wildman–Crippen LogP) is 5.52. The van der Waals surface area contributed by atoms with Crippen LogP contribution in [0, 0.1) is 0 Å². The van der Waals surface area contributed by atoms with Crippen molar-refractivity contribution in [2.75, 3.05) is 5.32 Å². The molecule has 0 saturated carbocycles. The van der Waals surface area contributed by atoms with E-state index in [1.54, 1.807) is 6.07 Å². The second-order valence-corrected chi connectivity index (χ2v) is 5.18. The molecule has 0 fully saturated rings. The molecule has 0 spiro atoms. The number of hydrogen-bond acceptors (Lipinski definition) is 2. The van der Waals surface area contributed by atoms with Gasteiger partial charge in [0.2, 0.25) is 0 Å². The van der Waals surface area contributed by atoms with Crippen LogP contribution in [0.5, 0.6) is 0 Å². The highest BCUT2D eigenvalue weighted by molar-refractivity contribution is 9.10. The smallest absolute Gasteiger partial charge is 0.169 e. The highest BCUT2D eigenvalue weighted by Gasteiger charge is 2.12. The molecule has 1 aromatic heterocycles. The van der Waals surface area contributed by atoms with Crippen LogP contribution >= 0.6 is 39.1 Å². The average molecular weight is 335 g/mol. The number of hydrogen-bond donors (Lipinski definition) is 1. The van der Waals surface area contributed by atoms with Gasteiger partial charge < -0.3 is 9.73 Å². The molecule has 1 aromatic carbocycles. The zero-order valence-electron chi connectivity index (χ0n) is 9.01. The Morgan fingerprint density at radius 2 is 2.00 bits per heavy atom. The Morgan fingerprint density at radius 3 is 2.65 bits per heavy atom. The molecule has 0 aliphatic heterocycles. The van der Waals surface area contributed by atoms with Crippen molar-refractivity contribution in [3.8, 4) is 0 Å². The molecule has 0 aliphatic carbocycles. The molecule has 2 aromatic rings. The molecule has 5 heteroatoms. The number of furan rings is 1.